The molecule has 3 heterocycles. The van der Waals surface area contributed by atoms with Gasteiger partial charge < -0.3 is 27.0 Å². The van der Waals surface area contributed by atoms with Crippen LogP contribution in [0, 0.1) is 0 Å². The van der Waals surface area contributed by atoms with Crippen LogP contribution in [-0.4, -0.2) is 79.5 Å². The van der Waals surface area contributed by atoms with Crippen LogP contribution in [0.1, 0.15) is 22.8 Å². The largest absolute Gasteiger partial charge is 0.384 e. The third-order valence-corrected chi connectivity index (χ3v) is 7.98. The molecule has 0 atom stereocenters. The van der Waals surface area contributed by atoms with Gasteiger partial charge in [-0.25, -0.2) is 23.2 Å². The van der Waals surface area contributed by atoms with E-state index in [9.17, 15) is 18.0 Å². The lowest BCUT2D eigenvalue weighted by Crippen LogP contribution is -2.43. The third kappa shape index (κ3) is 8.13. The number of carbonyl (C=O) groups excluding carboxylic acids is 2. The molecule has 1 aliphatic heterocycles. The van der Waals surface area contributed by atoms with E-state index in [1.807, 2.05) is 24.0 Å². The number of amides is 3. The zero-order chi connectivity index (χ0) is 28.5. The molecule has 1 fully saturated rings. The molecule has 212 valence electrons. The minimum Gasteiger partial charge on any atom is -0.384 e. The molecule has 3 amide bonds. The van der Waals surface area contributed by atoms with Gasteiger partial charge in [0.1, 0.15) is 11.6 Å². The van der Waals surface area contributed by atoms with Gasteiger partial charge in [0.15, 0.2) is 9.84 Å². The molecule has 1 aromatic carbocycles. The summed E-state index contributed by atoms with van der Waals surface area (Å²) < 4.78 is 23.2. The van der Waals surface area contributed by atoms with Crippen molar-refractivity contribution in [3.8, 4) is 11.3 Å². The first kappa shape index (κ1) is 28.8. The molecule has 6 N–H and O–H groups in total. The molecule has 0 radical (unpaired) electrons. The van der Waals surface area contributed by atoms with Crippen LogP contribution in [-0.2, 0) is 16.4 Å². The van der Waals surface area contributed by atoms with E-state index in [4.69, 9.17) is 5.73 Å². The van der Waals surface area contributed by atoms with E-state index < -0.39 is 9.84 Å². The molecule has 0 unspecified atom stereocenters. The van der Waals surface area contributed by atoms with Gasteiger partial charge in [-0.3, -0.25) is 9.69 Å². The number of rotatable bonds is 10. The summed E-state index contributed by atoms with van der Waals surface area (Å²) in [6, 6.07) is 13.9. The number of nitrogens with zero attached hydrogens (tertiary/aromatic N) is 3. The van der Waals surface area contributed by atoms with Crippen molar-refractivity contribution in [1.82, 2.24) is 25.5 Å². The predicted octanol–water partition coefficient (Wildman–Crippen LogP) is 1.94. The van der Waals surface area contributed by atoms with Crippen molar-refractivity contribution in [2.75, 3.05) is 60.6 Å². The number of nitrogen functional groups attached to an aromatic ring is 1. The summed E-state index contributed by atoms with van der Waals surface area (Å²) in [5.41, 5.74) is 8.95. The summed E-state index contributed by atoms with van der Waals surface area (Å²) >= 11 is 0. The molecule has 0 saturated carbocycles. The van der Waals surface area contributed by atoms with Gasteiger partial charge in [0, 0.05) is 56.7 Å². The second kappa shape index (κ2) is 13.2. The lowest BCUT2D eigenvalue weighted by molar-refractivity contribution is 0.0949. The summed E-state index contributed by atoms with van der Waals surface area (Å²) in [7, 11) is -2.93. The maximum atomic E-state index is 12.9. The van der Waals surface area contributed by atoms with Crippen molar-refractivity contribution in [1.29, 1.82) is 0 Å². The zero-order valence-corrected chi connectivity index (χ0v) is 23.1. The van der Waals surface area contributed by atoms with Crippen molar-refractivity contribution in [2.24, 2.45) is 0 Å². The first-order valence-corrected chi connectivity index (χ1v) is 14.9. The maximum absolute atomic E-state index is 12.9. The zero-order valence-electron chi connectivity index (χ0n) is 22.3. The molecular weight excluding hydrogens is 532 g/mol. The monoisotopic (exact) mass is 566 g/mol. The van der Waals surface area contributed by atoms with Gasteiger partial charge in [-0.15, -0.1) is 0 Å². The van der Waals surface area contributed by atoms with Crippen molar-refractivity contribution in [3.63, 3.8) is 0 Å². The normalized spacial score (nSPS) is 14.7. The fourth-order valence-corrected chi connectivity index (χ4v) is 5.40. The Morgan fingerprint density at radius 1 is 1.00 bits per heavy atom. The van der Waals surface area contributed by atoms with Gasteiger partial charge in [-0.05, 0) is 42.8 Å². The van der Waals surface area contributed by atoms with Crippen LogP contribution in [0.4, 0.5) is 22.1 Å². The van der Waals surface area contributed by atoms with Gasteiger partial charge in [0.05, 0.1) is 22.8 Å². The lowest BCUT2D eigenvalue weighted by Gasteiger charge is -2.26. The number of urea groups is 1. The van der Waals surface area contributed by atoms with Crippen LogP contribution in [0.5, 0.6) is 0 Å². The molecule has 1 saturated heterocycles. The Kier molecular flexibility index (Phi) is 9.51. The molecule has 4 rings (SSSR count). The number of hydrogen-bond acceptors (Lipinski definition) is 9. The van der Waals surface area contributed by atoms with Crippen LogP contribution >= 0.6 is 0 Å². The summed E-state index contributed by atoms with van der Waals surface area (Å²) in [5, 5.41) is 11.6. The number of aromatic nitrogens is 2. The number of anilines is 3. The summed E-state index contributed by atoms with van der Waals surface area (Å²) in [6.45, 7) is 4.79. The lowest BCUT2D eigenvalue weighted by atomic mass is 10.1. The number of carbonyl (C=O) groups is 2. The van der Waals surface area contributed by atoms with E-state index in [-0.39, 0.29) is 23.4 Å². The van der Waals surface area contributed by atoms with Crippen LogP contribution < -0.4 is 27.0 Å². The van der Waals surface area contributed by atoms with E-state index in [1.165, 1.54) is 0 Å². The molecule has 40 heavy (non-hydrogen) atoms. The van der Waals surface area contributed by atoms with E-state index in [0.717, 1.165) is 11.1 Å². The Bertz CT molecular complexity index is 1420. The second-order valence-corrected chi connectivity index (χ2v) is 11.7. The minimum absolute atomic E-state index is 0.156. The summed E-state index contributed by atoms with van der Waals surface area (Å²) in [5.74, 6) is 0.956. The van der Waals surface area contributed by atoms with Crippen molar-refractivity contribution < 1.29 is 18.0 Å². The smallest absolute Gasteiger partial charge is 0.319 e. The molecule has 3 aromatic rings. The highest BCUT2D eigenvalue weighted by molar-refractivity contribution is 7.91. The molecule has 12 nitrogen and oxygen atoms in total. The summed E-state index contributed by atoms with van der Waals surface area (Å²) in [4.78, 5) is 35.8. The van der Waals surface area contributed by atoms with Gasteiger partial charge in [0.25, 0.3) is 5.91 Å². The minimum atomic E-state index is -2.93. The highest BCUT2D eigenvalue weighted by Gasteiger charge is 2.21. The molecular formula is C27H34N8O4S. The Hall–Kier alpha value is -4.23. The maximum Gasteiger partial charge on any atom is 0.319 e. The van der Waals surface area contributed by atoms with E-state index in [1.54, 1.807) is 42.6 Å². The number of nitrogens with one attached hydrogen (secondary N) is 4. The average Bonchev–Trinajstić information content (AvgIpc) is 2.94. The first-order valence-electron chi connectivity index (χ1n) is 13.0. The fourth-order valence-electron chi connectivity index (χ4n) is 4.12. The molecule has 1 aliphatic rings. The standard InChI is InChI=1S/C27H34N8O4S/c1-2-29-25-22(26(36)30-11-12-35-13-15-40(38,39)16-14-35)8-9-23(34-25)20-4-6-21(7-5-20)33-27(37)32-18-19-3-10-24(28)31-17-19/h3-10,17H,2,11-16,18H2,1H3,(H2,28,31)(H,29,34)(H,30,36)(H2,32,33,37). The number of pyridine rings is 2. The van der Waals surface area contributed by atoms with Gasteiger partial charge >= 0.3 is 6.03 Å². The quantitative estimate of drug-likeness (QED) is 0.246. The molecule has 13 heteroatoms. The number of benzene rings is 1. The molecule has 0 bridgehead atoms. The number of sulfone groups is 1. The Labute approximate surface area is 233 Å². The van der Waals surface area contributed by atoms with Crippen molar-refractivity contribution in [2.45, 2.75) is 13.5 Å². The molecule has 0 aliphatic carbocycles. The van der Waals surface area contributed by atoms with Crippen molar-refractivity contribution >= 4 is 39.1 Å². The van der Waals surface area contributed by atoms with Gasteiger partial charge in [-0.1, -0.05) is 18.2 Å². The Morgan fingerprint density at radius 2 is 1.75 bits per heavy atom. The van der Waals surface area contributed by atoms with E-state index in [0.29, 0.717) is 67.8 Å². The fraction of sp³-hybridized carbons (Fsp3) is 0.333. The van der Waals surface area contributed by atoms with Crippen LogP contribution in [0.15, 0.2) is 54.7 Å². The first-order chi connectivity index (χ1) is 19.2. The third-order valence-electron chi connectivity index (χ3n) is 6.37. The van der Waals surface area contributed by atoms with Crippen LogP contribution in [0.2, 0.25) is 0 Å². The number of nitrogens with two attached hydrogens (primary N) is 1. The van der Waals surface area contributed by atoms with Gasteiger partial charge in [0.2, 0.25) is 0 Å². The van der Waals surface area contributed by atoms with E-state index >= 15 is 0 Å². The predicted molar refractivity (Wildman–Crippen MR) is 156 cm³/mol. The van der Waals surface area contributed by atoms with Crippen LogP contribution in [0.3, 0.4) is 0 Å². The average molecular weight is 567 g/mol. The molecule has 0 spiro atoms. The molecule has 2 aromatic heterocycles. The topological polar surface area (TPSA) is 171 Å². The van der Waals surface area contributed by atoms with Gasteiger partial charge in [-0.2, -0.15) is 0 Å². The number of hydrogen-bond donors (Lipinski definition) is 5. The van der Waals surface area contributed by atoms with E-state index in [2.05, 4.69) is 31.2 Å². The van der Waals surface area contributed by atoms with Crippen molar-refractivity contribution in [3.05, 3.63) is 65.9 Å². The SMILES string of the molecule is CCNc1nc(-c2ccc(NC(=O)NCc3ccc(N)nc3)cc2)ccc1C(=O)NCCN1CCS(=O)(=O)CC1. The second-order valence-electron chi connectivity index (χ2n) is 9.35. The Morgan fingerprint density at radius 3 is 2.42 bits per heavy atom. The summed E-state index contributed by atoms with van der Waals surface area (Å²) in [6.07, 6.45) is 1.61. The highest BCUT2D eigenvalue weighted by atomic mass is 32.2. The van der Waals surface area contributed by atoms with Crippen LogP contribution in [0.25, 0.3) is 11.3 Å². The highest BCUT2D eigenvalue weighted by Crippen LogP contribution is 2.23. The Balaban J connectivity index is 1.32.